The number of hydrogen-bond donors (Lipinski definition) is 6. The second-order valence-electron chi connectivity index (χ2n) is 27.1. The highest BCUT2D eigenvalue weighted by molar-refractivity contribution is 5.74. The van der Waals surface area contributed by atoms with Crippen LogP contribution in [0.1, 0.15) is 163 Å². The lowest BCUT2D eigenvalue weighted by molar-refractivity contribution is -0.183. The van der Waals surface area contributed by atoms with Crippen molar-refractivity contribution in [2.75, 3.05) is 99.3 Å². The summed E-state index contributed by atoms with van der Waals surface area (Å²) >= 11 is 0. The highest BCUT2D eigenvalue weighted by Crippen LogP contribution is 2.55. The van der Waals surface area contributed by atoms with Crippen molar-refractivity contribution in [1.82, 2.24) is 31.9 Å². The van der Waals surface area contributed by atoms with Gasteiger partial charge in [-0.2, -0.15) is 0 Å². The average molecular weight is 1040 g/mol. The lowest BCUT2D eigenvalue weighted by Crippen LogP contribution is -2.58. The Hall–Kier alpha value is -3.42. The molecule has 0 radical (unpaired) electrons. The molecular formula is C55H102N6O12. The molecule has 6 N–H and O–H groups in total. The van der Waals surface area contributed by atoms with Crippen molar-refractivity contribution in [3.63, 3.8) is 0 Å². The first-order valence-electron chi connectivity index (χ1n) is 26.3. The number of amides is 6. The van der Waals surface area contributed by atoms with Gasteiger partial charge in [-0.05, 0) is 60.2 Å². The smallest absolute Gasteiger partial charge is 0.216 e. The average Bonchev–Trinajstić information content (AvgIpc) is 3.21. The predicted molar refractivity (Wildman–Crippen MR) is 283 cm³/mol. The fourth-order valence-electron chi connectivity index (χ4n) is 12.0. The van der Waals surface area contributed by atoms with Crippen LogP contribution in [-0.4, -0.2) is 135 Å². The zero-order chi connectivity index (χ0) is 55.8. The predicted octanol–water partition coefficient (Wildman–Crippen LogP) is 6.25. The zero-order valence-corrected chi connectivity index (χ0v) is 48.7. The second-order valence-corrected chi connectivity index (χ2v) is 27.1. The molecule has 2 aliphatic rings. The van der Waals surface area contributed by atoms with Gasteiger partial charge in [-0.25, -0.2) is 0 Å². The van der Waals surface area contributed by atoms with Crippen molar-refractivity contribution in [3.05, 3.63) is 0 Å². The van der Waals surface area contributed by atoms with Gasteiger partial charge in [-0.15, -0.1) is 0 Å². The van der Waals surface area contributed by atoms with Gasteiger partial charge in [0.15, 0.2) is 0 Å². The van der Waals surface area contributed by atoms with Gasteiger partial charge in [0, 0.05) is 113 Å². The molecule has 18 nitrogen and oxygen atoms in total. The molecule has 6 amide bonds. The first-order chi connectivity index (χ1) is 33.4. The molecule has 6 unspecified atom stereocenters. The Kier molecular flexibility index (Phi) is 24.4. The molecule has 6 atom stereocenters. The maximum absolute atomic E-state index is 13.2. The molecule has 0 spiro atoms. The lowest BCUT2D eigenvalue weighted by Gasteiger charge is -2.54. The first kappa shape index (κ1) is 65.7. The minimum atomic E-state index is -0.930. The SMILES string of the molecule is CC(=O)NCC1(CC(C)(C)C)COCOCC(CNC(C)=O)(CC(C)(C)C)CC2(CNC(C)=O)COCOCC(CNC(C)=O)(C1)CC(CNC(C)=O)(C(C)(C)C)COCOCC(CNC(C)=O)(C(C)(C)C)C2. The highest BCUT2D eigenvalue weighted by Gasteiger charge is 2.55. The lowest BCUT2D eigenvalue weighted by atomic mass is 9.55. The van der Waals surface area contributed by atoms with E-state index >= 15 is 0 Å². The number of ether oxygens (including phenoxy) is 6. The minimum absolute atomic E-state index is 0.0633. The fraction of sp³-hybridized carbons (Fsp3) is 0.891. The van der Waals surface area contributed by atoms with Gasteiger partial charge in [0.1, 0.15) is 20.4 Å². The third-order valence-corrected chi connectivity index (χ3v) is 15.0. The first-order valence-corrected chi connectivity index (χ1v) is 26.3. The fourth-order valence-corrected chi connectivity index (χ4v) is 12.0. The maximum Gasteiger partial charge on any atom is 0.216 e. The summed E-state index contributed by atoms with van der Waals surface area (Å²) in [5.74, 6) is -1.34. The highest BCUT2D eigenvalue weighted by atomic mass is 16.7. The number of fused-ring (bicyclic) bond motifs is 6. The minimum Gasteiger partial charge on any atom is -0.356 e. The van der Waals surface area contributed by atoms with Crippen molar-refractivity contribution < 1.29 is 57.2 Å². The summed E-state index contributed by atoms with van der Waals surface area (Å²) in [5, 5.41) is 18.9. The van der Waals surface area contributed by atoms with Crippen LogP contribution >= 0.6 is 0 Å². The molecule has 2 fully saturated rings. The maximum atomic E-state index is 13.2. The van der Waals surface area contributed by atoms with Crippen LogP contribution in [-0.2, 0) is 57.2 Å². The topological polar surface area (TPSA) is 230 Å². The largest absolute Gasteiger partial charge is 0.356 e. The summed E-state index contributed by atoms with van der Waals surface area (Å²) in [4.78, 5) is 78.1. The number of hydrogen-bond acceptors (Lipinski definition) is 12. The van der Waals surface area contributed by atoms with Crippen LogP contribution < -0.4 is 31.9 Å². The third-order valence-electron chi connectivity index (χ3n) is 15.0. The van der Waals surface area contributed by atoms with E-state index in [9.17, 15) is 28.8 Å². The summed E-state index contributed by atoms with van der Waals surface area (Å²) in [7, 11) is 0. The van der Waals surface area contributed by atoms with E-state index in [1.54, 1.807) is 0 Å². The summed E-state index contributed by atoms with van der Waals surface area (Å²) < 4.78 is 40.7. The van der Waals surface area contributed by atoms with E-state index in [0.717, 1.165) is 0 Å². The van der Waals surface area contributed by atoms with E-state index in [1.165, 1.54) is 41.5 Å². The molecule has 0 aromatic rings. The summed E-state index contributed by atoms with van der Waals surface area (Å²) in [6, 6.07) is 0. The van der Waals surface area contributed by atoms with Crippen molar-refractivity contribution in [2.45, 2.75) is 163 Å². The van der Waals surface area contributed by atoms with Gasteiger partial charge in [0.25, 0.3) is 0 Å². The monoisotopic (exact) mass is 1040 g/mol. The van der Waals surface area contributed by atoms with E-state index in [2.05, 4.69) is 115 Å². The number of nitrogens with one attached hydrogen (secondary N) is 6. The Morgan fingerprint density at radius 2 is 0.589 bits per heavy atom. The zero-order valence-electron chi connectivity index (χ0n) is 48.7. The molecule has 0 saturated carbocycles. The number of carbonyl (C=O) groups is 6. The van der Waals surface area contributed by atoms with E-state index in [1.807, 2.05) is 0 Å². The summed E-state index contributed by atoms with van der Waals surface area (Å²) in [6.07, 6.45) is 2.59. The van der Waals surface area contributed by atoms with Crippen LogP contribution in [0.15, 0.2) is 0 Å². The van der Waals surface area contributed by atoms with Gasteiger partial charge < -0.3 is 60.3 Å². The van der Waals surface area contributed by atoms with Crippen LogP contribution in [0.4, 0.5) is 0 Å². The van der Waals surface area contributed by atoms with E-state index in [4.69, 9.17) is 28.4 Å². The van der Waals surface area contributed by atoms with E-state index < -0.39 is 43.3 Å². The van der Waals surface area contributed by atoms with Crippen LogP contribution in [0.25, 0.3) is 0 Å². The van der Waals surface area contributed by atoms with E-state index in [-0.39, 0.29) is 146 Å². The van der Waals surface area contributed by atoms with Crippen molar-refractivity contribution in [1.29, 1.82) is 0 Å². The van der Waals surface area contributed by atoms with Gasteiger partial charge >= 0.3 is 0 Å². The van der Waals surface area contributed by atoms with Crippen molar-refractivity contribution in [3.8, 4) is 0 Å². The van der Waals surface area contributed by atoms with Gasteiger partial charge in [-0.1, -0.05) is 83.1 Å². The normalized spacial score (nSPS) is 29.0. The van der Waals surface area contributed by atoms with Crippen molar-refractivity contribution in [2.24, 2.45) is 54.1 Å². The Bertz CT molecular complexity index is 1700. The van der Waals surface area contributed by atoms with Crippen LogP contribution in [0.2, 0.25) is 0 Å². The van der Waals surface area contributed by atoms with Crippen LogP contribution in [0, 0.1) is 54.1 Å². The Labute approximate surface area is 439 Å². The quantitative estimate of drug-likeness (QED) is 0.114. The Morgan fingerprint density at radius 1 is 0.342 bits per heavy atom. The molecule has 2 aliphatic heterocycles. The molecule has 424 valence electrons. The van der Waals surface area contributed by atoms with Crippen molar-refractivity contribution >= 4 is 35.4 Å². The molecule has 0 aromatic heterocycles. The van der Waals surface area contributed by atoms with Gasteiger partial charge in [0.2, 0.25) is 35.4 Å². The van der Waals surface area contributed by atoms with Crippen LogP contribution in [0.3, 0.4) is 0 Å². The number of carbonyl (C=O) groups excluding carboxylic acids is 6. The molecule has 2 rings (SSSR count). The standard InChI is InChI=1S/C55H102N6O12/c1-40(62)56-25-50(19-46(7,8)9)21-52(27-58-42(3)64)23-54(48(13,14)15,29-60-44(5)66)35-72-39-73-36-55(49(16,17)18,30-61-45(6)67)24-53(28-59-43(4)65,34-71-38-70-33-52)22-51(20-47(10,11)12,26-57-41(2)63)32-69-37-68-31-50/h19-39H2,1-18H3,(H,56,62)(H,57,63)(H,58,64)(H,59,65)(H,60,66)(H,61,67). The molecular weight excluding hydrogens is 937 g/mol. The number of rotatable bonds is 14. The molecule has 0 aliphatic carbocycles. The van der Waals surface area contributed by atoms with Crippen LogP contribution in [0.5, 0.6) is 0 Å². The third kappa shape index (κ3) is 22.4. The second kappa shape index (κ2) is 27.1. The molecule has 2 saturated heterocycles. The molecule has 18 heteroatoms. The summed E-state index contributed by atoms with van der Waals surface area (Å²) in [5.41, 5.74) is -6.78. The van der Waals surface area contributed by atoms with Gasteiger partial charge in [-0.3, -0.25) is 28.8 Å². The molecule has 73 heavy (non-hydrogen) atoms. The Balaban J connectivity index is 3.34. The molecule has 0 aromatic carbocycles. The molecule has 2 heterocycles. The summed E-state index contributed by atoms with van der Waals surface area (Å²) in [6.45, 7) is 35.8. The van der Waals surface area contributed by atoms with E-state index in [0.29, 0.717) is 38.5 Å². The molecule has 2 bridgehead atoms. The Morgan fingerprint density at radius 3 is 0.849 bits per heavy atom. The van der Waals surface area contributed by atoms with Gasteiger partial charge in [0.05, 0.1) is 39.6 Å².